The average Bonchev–Trinajstić information content (AvgIpc) is 3.02. The van der Waals surface area contributed by atoms with E-state index in [1.807, 2.05) is 0 Å². The van der Waals surface area contributed by atoms with E-state index in [1.165, 1.54) is 35.5 Å². The second-order valence-electron chi connectivity index (χ2n) is 6.91. The Morgan fingerprint density at radius 3 is 2.82 bits per heavy atom. The summed E-state index contributed by atoms with van der Waals surface area (Å²) in [5.74, 6) is -0.481. The number of benzene rings is 1. The summed E-state index contributed by atoms with van der Waals surface area (Å²) in [5.41, 5.74) is 0.630. The zero-order valence-electron chi connectivity index (χ0n) is 15.0. The minimum absolute atomic E-state index is 0.163. The quantitative estimate of drug-likeness (QED) is 0.799. The summed E-state index contributed by atoms with van der Waals surface area (Å²) in [6, 6.07) is 4.12. The molecular weight excluding hydrogens is 385 g/mol. The first kappa shape index (κ1) is 18.8. The van der Waals surface area contributed by atoms with Gasteiger partial charge in [-0.05, 0) is 25.1 Å². The highest BCUT2D eigenvalue weighted by Gasteiger charge is 2.35. The summed E-state index contributed by atoms with van der Waals surface area (Å²) >= 11 is 5.82. The predicted octanol–water partition coefficient (Wildman–Crippen LogP) is 2.27. The molecule has 2 fully saturated rings. The SMILES string of the molecule is N=C1CN(C(=O)c2ccc(F)cc2OCC2CCN2)CC1c1ncc(Cl)cn1. The van der Waals surface area contributed by atoms with E-state index in [-0.39, 0.29) is 42.3 Å². The lowest BCUT2D eigenvalue weighted by atomic mass is 10.1. The Morgan fingerprint density at radius 1 is 1.39 bits per heavy atom. The fraction of sp³-hybridized carbons (Fsp3) is 0.368. The zero-order valence-corrected chi connectivity index (χ0v) is 15.7. The van der Waals surface area contributed by atoms with Crippen LogP contribution < -0.4 is 10.1 Å². The number of hydrogen-bond acceptors (Lipinski definition) is 6. The Morgan fingerprint density at radius 2 is 2.14 bits per heavy atom. The Hall–Kier alpha value is -2.58. The van der Waals surface area contributed by atoms with E-state index in [0.717, 1.165) is 13.0 Å². The molecule has 2 saturated heterocycles. The number of ether oxygens (including phenoxy) is 1. The number of aromatic nitrogens is 2. The lowest BCUT2D eigenvalue weighted by molar-refractivity contribution is 0.0789. The molecule has 0 saturated carbocycles. The van der Waals surface area contributed by atoms with Gasteiger partial charge < -0.3 is 20.4 Å². The molecule has 0 aliphatic carbocycles. The van der Waals surface area contributed by atoms with Crippen molar-refractivity contribution < 1.29 is 13.9 Å². The Bertz CT molecular complexity index is 904. The van der Waals surface area contributed by atoms with Crippen molar-refractivity contribution in [1.82, 2.24) is 20.2 Å². The first-order chi connectivity index (χ1) is 13.5. The molecule has 1 aromatic heterocycles. The second-order valence-corrected chi connectivity index (χ2v) is 7.35. The minimum atomic E-state index is -0.463. The number of carbonyl (C=O) groups excluding carboxylic acids is 1. The van der Waals surface area contributed by atoms with Gasteiger partial charge in [0.2, 0.25) is 0 Å². The number of halogens is 2. The van der Waals surface area contributed by atoms with E-state index in [2.05, 4.69) is 15.3 Å². The number of likely N-dealkylation sites (tertiary alicyclic amines) is 1. The van der Waals surface area contributed by atoms with Crippen molar-refractivity contribution >= 4 is 23.2 Å². The van der Waals surface area contributed by atoms with Crippen molar-refractivity contribution in [2.75, 3.05) is 26.2 Å². The van der Waals surface area contributed by atoms with E-state index in [0.29, 0.717) is 23.2 Å². The van der Waals surface area contributed by atoms with Gasteiger partial charge in [0.15, 0.2) is 0 Å². The molecule has 0 bridgehead atoms. The summed E-state index contributed by atoms with van der Waals surface area (Å²) in [7, 11) is 0. The third kappa shape index (κ3) is 3.83. The van der Waals surface area contributed by atoms with Gasteiger partial charge in [0.05, 0.1) is 23.0 Å². The summed E-state index contributed by atoms with van der Waals surface area (Å²) in [6.45, 7) is 1.75. The van der Waals surface area contributed by atoms with Gasteiger partial charge in [-0.15, -0.1) is 0 Å². The third-order valence-electron chi connectivity index (χ3n) is 4.96. The first-order valence-corrected chi connectivity index (χ1v) is 9.39. The van der Waals surface area contributed by atoms with Crippen LogP contribution in [0.15, 0.2) is 30.6 Å². The van der Waals surface area contributed by atoms with E-state index < -0.39 is 5.82 Å². The van der Waals surface area contributed by atoms with Crippen molar-refractivity contribution in [3.8, 4) is 5.75 Å². The molecule has 0 spiro atoms. The van der Waals surface area contributed by atoms with Crippen molar-refractivity contribution in [3.63, 3.8) is 0 Å². The van der Waals surface area contributed by atoms with E-state index in [1.54, 1.807) is 0 Å². The predicted molar refractivity (Wildman–Crippen MR) is 102 cm³/mol. The van der Waals surface area contributed by atoms with Gasteiger partial charge in [-0.25, -0.2) is 14.4 Å². The van der Waals surface area contributed by atoms with Crippen molar-refractivity contribution in [3.05, 3.63) is 52.8 Å². The van der Waals surface area contributed by atoms with Crippen LogP contribution in [0.1, 0.15) is 28.5 Å². The highest BCUT2D eigenvalue weighted by Crippen LogP contribution is 2.27. The fourth-order valence-corrected chi connectivity index (χ4v) is 3.35. The monoisotopic (exact) mass is 403 g/mol. The third-order valence-corrected chi connectivity index (χ3v) is 5.16. The average molecular weight is 404 g/mol. The van der Waals surface area contributed by atoms with Crippen LogP contribution in [0.5, 0.6) is 5.75 Å². The highest BCUT2D eigenvalue weighted by atomic mass is 35.5. The Balaban J connectivity index is 1.51. The molecule has 2 atom stereocenters. The number of rotatable bonds is 5. The van der Waals surface area contributed by atoms with Gasteiger partial charge >= 0.3 is 0 Å². The smallest absolute Gasteiger partial charge is 0.257 e. The second kappa shape index (κ2) is 7.81. The summed E-state index contributed by atoms with van der Waals surface area (Å²) < 4.78 is 19.4. The summed E-state index contributed by atoms with van der Waals surface area (Å²) in [4.78, 5) is 22.9. The number of hydrogen-bond donors (Lipinski definition) is 2. The van der Waals surface area contributed by atoms with Crippen LogP contribution in [0, 0.1) is 11.2 Å². The van der Waals surface area contributed by atoms with Crippen molar-refractivity contribution in [2.24, 2.45) is 0 Å². The molecule has 1 aromatic carbocycles. The van der Waals surface area contributed by atoms with Crippen LogP contribution in [0.3, 0.4) is 0 Å². The zero-order chi connectivity index (χ0) is 19.7. The fourth-order valence-electron chi connectivity index (χ4n) is 3.25. The summed E-state index contributed by atoms with van der Waals surface area (Å²) in [5, 5.41) is 11.8. The largest absolute Gasteiger partial charge is 0.491 e. The normalized spacial score (nSPS) is 21.5. The first-order valence-electron chi connectivity index (χ1n) is 9.01. The molecule has 9 heteroatoms. The van der Waals surface area contributed by atoms with Crippen LogP contribution in [0.2, 0.25) is 5.02 Å². The Labute approximate surface area is 166 Å². The molecule has 2 N–H and O–H groups in total. The summed E-state index contributed by atoms with van der Waals surface area (Å²) in [6.07, 6.45) is 3.94. The number of nitrogens with one attached hydrogen (secondary N) is 2. The maximum Gasteiger partial charge on any atom is 0.257 e. The van der Waals surface area contributed by atoms with E-state index >= 15 is 0 Å². The van der Waals surface area contributed by atoms with Crippen LogP contribution >= 0.6 is 11.6 Å². The van der Waals surface area contributed by atoms with Gasteiger partial charge in [0, 0.05) is 36.8 Å². The molecule has 4 rings (SSSR count). The molecule has 1 amide bonds. The minimum Gasteiger partial charge on any atom is -0.491 e. The van der Waals surface area contributed by atoms with Gasteiger partial charge in [-0.2, -0.15) is 0 Å². The Kier molecular flexibility index (Phi) is 5.23. The lowest BCUT2D eigenvalue weighted by Gasteiger charge is -2.28. The lowest BCUT2D eigenvalue weighted by Crippen LogP contribution is -2.46. The standard InChI is InChI=1S/C19H19ClFN5O2/c20-11-6-24-18(25-7-11)15-8-26(9-16(15)22)19(27)14-2-1-12(21)5-17(14)28-10-13-3-4-23-13/h1-2,5-7,13,15,22-23H,3-4,8-10H2. The molecule has 3 heterocycles. The van der Waals surface area contributed by atoms with Crippen molar-refractivity contribution in [1.29, 1.82) is 5.41 Å². The maximum atomic E-state index is 13.7. The van der Waals surface area contributed by atoms with Gasteiger partial charge in [-0.3, -0.25) is 4.79 Å². The molecule has 2 unspecified atom stereocenters. The molecule has 0 radical (unpaired) electrons. The number of carbonyl (C=O) groups is 1. The molecule has 146 valence electrons. The maximum absolute atomic E-state index is 13.7. The van der Waals surface area contributed by atoms with Crippen LogP contribution in [-0.2, 0) is 0 Å². The van der Waals surface area contributed by atoms with Crippen LogP contribution in [0.25, 0.3) is 0 Å². The number of nitrogens with zero attached hydrogens (tertiary/aromatic N) is 3. The van der Waals surface area contributed by atoms with Gasteiger partial charge in [0.25, 0.3) is 5.91 Å². The topological polar surface area (TPSA) is 91.2 Å². The van der Waals surface area contributed by atoms with E-state index in [9.17, 15) is 9.18 Å². The van der Waals surface area contributed by atoms with Crippen LogP contribution in [0.4, 0.5) is 4.39 Å². The molecular formula is C19H19ClFN5O2. The molecule has 2 aliphatic heterocycles. The molecule has 2 aromatic rings. The van der Waals surface area contributed by atoms with Gasteiger partial charge in [-0.1, -0.05) is 11.6 Å². The van der Waals surface area contributed by atoms with Crippen LogP contribution in [-0.4, -0.2) is 58.8 Å². The van der Waals surface area contributed by atoms with E-state index in [4.69, 9.17) is 21.7 Å². The van der Waals surface area contributed by atoms with Crippen molar-refractivity contribution in [2.45, 2.75) is 18.4 Å². The molecule has 28 heavy (non-hydrogen) atoms. The highest BCUT2D eigenvalue weighted by molar-refractivity contribution is 6.30. The molecule has 7 nitrogen and oxygen atoms in total. The number of amides is 1. The van der Waals surface area contributed by atoms with Gasteiger partial charge in [0.1, 0.15) is 24.0 Å². The molecule has 2 aliphatic rings.